The Kier molecular flexibility index (Phi) is 2.46. The van der Waals surface area contributed by atoms with Gasteiger partial charge in [-0.2, -0.15) is 13.2 Å². The second-order valence-electron chi connectivity index (χ2n) is 2.68. The van der Waals surface area contributed by atoms with Gasteiger partial charge in [0.2, 0.25) is 0 Å². The highest BCUT2D eigenvalue weighted by molar-refractivity contribution is 6.01. The normalized spacial score (nSPS) is 22.1. The molecule has 0 aliphatic heterocycles. The number of aliphatic carboxylic acids is 1. The lowest BCUT2D eigenvalue weighted by atomic mass is 9.94. The molecule has 0 aromatic heterocycles. The monoisotopic (exact) mass is 206 g/mol. The van der Waals surface area contributed by atoms with Crippen molar-refractivity contribution in [3.05, 3.63) is 23.8 Å². The number of alkyl halides is 3. The average Bonchev–Trinajstić information content (AvgIpc) is 2.02. The van der Waals surface area contributed by atoms with E-state index in [1.165, 1.54) is 0 Å². The Morgan fingerprint density at radius 2 is 1.93 bits per heavy atom. The largest absolute Gasteiger partial charge is 0.478 e. The van der Waals surface area contributed by atoms with Crippen molar-refractivity contribution in [2.75, 3.05) is 0 Å². The molecule has 1 aliphatic rings. The first-order valence-electron chi connectivity index (χ1n) is 3.56. The first kappa shape index (κ1) is 10.5. The lowest BCUT2D eigenvalue weighted by Gasteiger charge is -2.16. The van der Waals surface area contributed by atoms with Gasteiger partial charge in [-0.05, 0) is 12.2 Å². The minimum atomic E-state index is -4.73. The van der Waals surface area contributed by atoms with Crippen molar-refractivity contribution in [2.45, 2.75) is 6.18 Å². The van der Waals surface area contributed by atoms with Gasteiger partial charge >= 0.3 is 12.1 Å². The summed E-state index contributed by atoms with van der Waals surface area (Å²) in [5.74, 6) is -4.97. The van der Waals surface area contributed by atoms with Crippen molar-refractivity contribution in [2.24, 2.45) is 5.92 Å². The molecule has 6 heteroatoms. The van der Waals surface area contributed by atoms with Crippen molar-refractivity contribution < 1.29 is 27.9 Å². The maximum atomic E-state index is 12.1. The van der Waals surface area contributed by atoms with Crippen LogP contribution in [0.3, 0.4) is 0 Å². The number of carbonyl (C=O) groups is 2. The lowest BCUT2D eigenvalue weighted by molar-refractivity contribution is -0.168. The molecule has 1 atom stereocenters. The molecular formula is C8H5F3O3. The van der Waals surface area contributed by atoms with Crippen LogP contribution in [-0.2, 0) is 9.59 Å². The van der Waals surface area contributed by atoms with Gasteiger partial charge in [0.1, 0.15) is 5.92 Å². The van der Waals surface area contributed by atoms with Gasteiger partial charge in [-0.15, -0.1) is 0 Å². The van der Waals surface area contributed by atoms with E-state index in [4.69, 9.17) is 5.11 Å². The molecule has 0 heterocycles. The molecule has 0 fully saturated rings. The highest BCUT2D eigenvalue weighted by Crippen LogP contribution is 2.31. The number of halogens is 3. The van der Waals surface area contributed by atoms with Crippen molar-refractivity contribution in [3.63, 3.8) is 0 Å². The Morgan fingerprint density at radius 1 is 1.36 bits per heavy atom. The molecule has 3 nitrogen and oxygen atoms in total. The van der Waals surface area contributed by atoms with Gasteiger partial charge in [-0.1, -0.05) is 6.08 Å². The van der Waals surface area contributed by atoms with Crippen LogP contribution >= 0.6 is 0 Å². The second-order valence-corrected chi connectivity index (χ2v) is 2.68. The maximum Gasteiger partial charge on any atom is 0.402 e. The van der Waals surface area contributed by atoms with Gasteiger partial charge in [0.15, 0.2) is 5.78 Å². The van der Waals surface area contributed by atoms with Crippen molar-refractivity contribution in [1.29, 1.82) is 0 Å². The van der Waals surface area contributed by atoms with Crippen LogP contribution in [-0.4, -0.2) is 23.0 Å². The molecule has 0 aromatic carbocycles. The van der Waals surface area contributed by atoms with Crippen molar-refractivity contribution >= 4 is 11.8 Å². The molecule has 76 valence electrons. The van der Waals surface area contributed by atoms with E-state index in [0.717, 1.165) is 6.08 Å². The van der Waals surface area contributed by atoms with Gasteiger partial charge in [-0.25, -0.2) is 4.79 Å². The van der Waals surface area contributed by atoms with E-state index in [0.29, 0.717) is 12.2 Å². The summed E-state index contributed by atoms with van der Waals surface area (Å²) in [4.78, 5) is 21.1. The first-order valence-corrected chi connectivity index (χ1v) is 3.56. The van der Waals surface area contributed by atoms with Gasteiger partial charge in [0.05, 0.1) is 5.57 Å². The number of ketones is 1. The smallest absolute Gasteiger partial charge is 0.402 e. The third-order valence-corrected chi connectivity index (χ3v) is 1.68. The predicted octanol–water partition coefficient (Wildman–Crippen LogP) is 1.31. The number of rotatable bonds is 1. The van der Waals surface area contributed by atoms with Crippen LogP contribution in [0, 0.1) is 5.92 Å². The maximum absolute atomic E-state index is 12.1. The fourth-order valence-corrected chi connectivity index (χ4v) is 0.991. The van der Waals surface area contributed by atoms with E-state index < -0.39 is 29.4 Å². The lowest BCUT2D eigenvalue weighted by Crippen LogP contribution is -2.30. The number of hydrogen-bond acceptors (Lipinski definition) is 2. The fourth-order valence-electron chi connectivity index (χ4n) is 0.991. The molecule has 1 unspecified atom stereocenters. The molecule has 0 spiro atoms. The number of hydrogen-bond donors (Lipinski definition) is 1. The van der Waals surface area contributed by atoms with Crippen LogP contribution in [0.4, 0.5) is 13.2 Å². The quantitative estimate of drug-likeness (QED) is 0.703. The van der Waals surface area contributed by atoms with E-state index in [1.54, 1.807) is 0 Å². The summed E-state index contributed by atoms with van der Waals surface area (Å²) in [5.41, 5.74) is -0.521. The number of carboxylic acid groups (broad SMARTS) is 1. The van der Waals surface area contributed by atoms with E-state index >= 15 is 0 Å². The standard InChI is InChI=1S/C8H5F3O3/c9-8(10,11)5-3-4(7(13)14)1-2-6(5)12/h1-3,5H,(H,13,14). The third-order valence-electron chi connectivity index (χ3n) is 1.68. The highest BCUT2D eigenvalue weighted by Gasteiger charge is 2.43. The molecule has 0 saturated heterocycles. The van der Waals surface area contributed by atoms with E-state index in [9.17, 15) is 22.8 Å². The summed E-state index contributed by atoms with van der Waals surface area (Å²) in [6, 6.07) is 0. The minimum absolute atomic E-state index is 0.407. The van der Waals surface area contributed by atoms with E-state index in [2.05, 4.69) is 0 Å². The zero-order valence-electron chi connectivity index (χ0n) is 6.71. The Balaban J connectivity index is 3.03. The highest BCUT2D eigenvalue weighted by atomic mass is 19.4. The van der Waals surface area contributed by atoms with Crippen LogP contribution in [0.25, 0.3) is 0 Å². The number of carbonyl (C=O) groups excluding carboxylic acids is 1. The predicted molar refractivity (Wildman–Crippen MR) is 39.4 cm³/mol. The summed E-state index contributed by atoms with van der Waals surface area (Å²) in [6.07, 6.45) is -2.85. The summed E-state index contributed by atoms with van der Waals surface area (Å²) in [6.45, 7) is 0. The van der Waals surface area contributed by atoms with Crippen LogP contribution in [0.2, 0.25) is 0 Å². The molecule has 1 rings (SSSR count). The van der Waals surface area contributed by atoms with Crippen molar-refractivity contribution in [3.8, 4) is 0 Å². The Bertz CT molecular complexity index is 338. The van der Waals surface area contributed by atoms with E-state index in [1.807, 2.05) is 0 Å². The van der Waals surface area contributed by atoms with Crippen LogP contribution in [0.1, 0.15) is 0 Å². The molecule has 0 amide bonds. The summed E-state index contributed by atoms with van der Waals surface area (Å²) < 4.78 is 36.4. The van der Waals surface area contributed by atoms with Gasteiger partial charge in [0, 0.05) is 0 Å². The number of carboxylic acids is 1. The second kappa shape index (κ2) is 3.28. The van der Waals surface area contributed by atoms with Crippen LogP contribution in [0.5, 0.6) is 0 Å². The molecule has 1 N–H and O–H groups in total. The zero-order chi connectivity index (χ0) is 10.9. The summed E-state index contributed by atoms with van der Waals surface area (Å²) in [7, 11) is 0. The fraction of sp³-hybridized carbons (Fsp3) is 0.250. The molecule has 0 radical (unpaired) electrons. The van der Waals surface area contributed by atoms with Crippen LogP contribution in [0.15, 0.2) is 23.8 Å². The Labute approximate surface area is 76.5 Å². The molecule has 0 aromatic rings. The minimum Gasteiger partial charge on any atom is -0.478 e. The van der Waals surface area contributed by atoms with Gasteiger partial charge in [-0.3, -0.25) is 4.79 Å². The summed E-state index contributed by atoms with van der Waals surface area (Å²) >= 11 is 0. The Morgan fingerprint density at radius 3 is 2.36 bits per heavy atom. The average molecular weight is 206 g/mol. The molecule has 0 saturated carbocycles. The van der Waals surface area contributed by atoms with Gasteiger partial charge in [0.25, 0.3) is 0 Å². The molecule has 14 heavy (non-hydrogen) atoms. The topological polar surface area (TPSA) is 54.4 Å². The molecule has 0 bridgehead atoms. The molecular weight excluding hydrogens is 201 g/mol. The first-order chi connectivity index (χ1) is 6.32. The van der Waals surface area contributed by atoms with Crippen LogP contribution < -0.4 is 0 Å². The van der Waals surface area contributed by atoms with Gasteiger partial charge < -0.3 is 5.11 Å². The van der Waals surface area contributed by atoms with Crippen molar-refractivity contribution in [1.82, 2.24) is 0 Å². The Hall–Kier alpha value is -1.59. The summed E-state index contributed by atoms with van der Waals surface area (Å²) in [5, 5.41) is 8.41. The molecule has 1 aliphatic carbocycles. The number of allylic oxidation sites excluding steroid dienone is 2. The third kappa shape index (κ3) is 2.01. The zero-order valence-corrected chi connectivity index (χ0v) is 6.71. The van der Waals surface area contributed by atoms with E-state index in [-0.39, 0.29) is 0 Å². The SMILES string of the molecule is O=C(O)C1=CC(C(F)(F)F)C(=O)C=C1.